The number of carbonyl (C=O) groups is 1. The lowest BCUT2D eigenvalue weighted by Crippen LogP contribution is -2.41. The number of ether oxygens (including phenoxy) is 1. The van der Waals surface area contributed by atoms with Gasteiger partial charge in [-0.05, 0) is 62.3 Å². The first-order valence-electron chi connectivity index (χ1n) is 8.71. The van der Waals surface area contributed by atoms with Crippen LogP contribution in [0.4, 0.5) is 10.5 Å². The molecule has 2 N–H and O–H groups in total. The molecule has 2 aromatic rings. The lowest BCUT2D eigenvalue weighted by Gasteiger charge is -2.22. The molecule has 0 radical (unpaired) electrons. The second kappa shape index (κ2) is 8.48. The van der Waals surface area contributed by atoms with Gasteiger partial charge >= 0.3 is 6.03 Å². The molecule has 2 heterocycles. The summed E-state index contributed by atoms with van der Waals surface area (Å²) >= 11 is 0. The molecule has 1 saturated heterocycles. The van der Waals surface area contributed by atoms with E-state index in [0.717, 1.165) is 25.2 Å². The van der Waals surface area contributed by atoms with E-state index in [4.69, 9.17) is 4.74 Å². The van der Waals surface area contributed by atoms with Crippen molar-refractivity contribution in [3.8, 4) is 11.5 Å². The average Bonchev–Trinajstić information content (AvgIpc) is 3.10. The minimum atomic E-state index is -0.177. The van der Waals surface area contributed by atoms with Crippen LogP contribution in [0.5, 0.6) is 11.5 Å². The van der Waals surface area contributed by atoms with Crippen LogP contribution >= 0.6 is 0 Å². The summed E-state index contributed by atoms with van der Waals surface area (Å²) in [4.78, 5) is 18.5. The number of likely N-dealkylation sites (tertiary alicyclic amines) is 1. The molecule has 0 bridgehead atoms. The van der Waals surface area contributed by atoms with E-state index in [2.05, 4.69) is 27.4 Å². The predicted octanol–water partition coefficient (Wildman–Crippen LogP) is 3.48. The van der Waals surface area contributed by atoms with Crippen molar-refractivity contribution < 1.29 is 9.53 Å². The molecule has 1 fully saturated rings. The second-order valence-corrected chi connectivity index (χ2v) is 6.07. The Morgan fingerprint density at radius 1 is 1.28 bits per heavy atom. The Hall–Kier alpha value is -2.60. The van der Waals surface area contributed by atoms with E-state index in [1.54, 1.807) is 12.4 Å². The monoisotopic (exact) mass is 340 g/mol. The number of nitrogens with one attached hydrogen (secondary N) is 2. The summed E-state index contributed by atoms with van der Waals surface area (Å²) in [5.74, 6) is 1.38. The van der Waals surface area contributed by atoms with E-state index in [1.807, 2.05) is 36.4 Å². The minimum absolute atomic E-state index is 0.177. The number of pyridine rings is 1. The molecule has 0 saturated carbocycles. The number of urea groups is 1. The van der Waals surface area contributed by atoms with Gasteiger partial charge < -0.3 is 15.4 Å². The van der Waals surface area contributed by atoms with Crippen LogP contribution < -0.4 is 15.4 Å². The highest BCUT2D eigenvalue weighted by molar-refractivity contribution is 5.89. The zero-order chi connectivity index (χ0) is 17.5. The highest BCUT2D eigenvalue weighted by atomic mass is 16.5. The summed E-state index contributed by atoms with van der Waals surface area (Å²) in [6.07, 6.45) is 5.71. The first-order valence-corrected chi connectivity index (χ1v) is 8.71. The summed E-state index contributed by atoms with van der Waals surface area (Å²) in [5, 5.41) is 5.81. The molecule has 0 unspecified atom stereocenters. The number of hydrogen-bond acceptors (Lipinski definition) is 4. The summed E-state index contributed by atoms with van der Waals surface area (Å²) < 4.78 is 5.68. The Kier molecular flexibility index (Phi) is 5.85. The van der Waals surface area contributed by atoms with E-state index in [1.165, 1.54) is 6.42 Å². The highest BCUT2D eigenvalue weighted by Crippen LogP contribution is 2.22. The predicted molar refractivity (Wildman–Crippen MR) is 98.0 cm³/mol. The van der Waals surface area contributed by atoms with Crippen LogP contribution in [0.3, 0.4) is 0 Å². The smallest absolute Gasteiger partial charge is 0.319 e. The van der Waals surface area contributed by atoms with Crippen LogP contribution in [0.2, 0.25) is 0 Å². The van der Waals surface area contributed by atoms with Gasteiger partial charge in [-0.2, -0.15) is 0 Å². The van der Waals surface area contributed by atoms with Gasteiger partial charge in [0.05, 0.1) is 6.20 Å². The molecule has 2 amide bonds. The molecule has 0 aliphatic carbocycles. The number of hydrogen-bond donors (Lipinski definition) is 2. The Bertz CT molecular complexity index is 676. The standard InChI is InChI=1S/C19H24N4O2/c1-2-23-12-4-5-16(23)13-21-19(24)22-15-7-9-17(10-8-15)25-18-6-3-11-20-14-18/h3,6-11,14,16H,2,4-5,12-13H2,1H3,(H2,21,22,24)/t16-/m1/s1. The summed E-state index contributed by atoms with van der Waals surface area (Å²) in [6.45, 7) is 5.00. The fourth-order valence-corrected chi connectivity index (χ4v) is 3.08. The van der Waals surface area contributed by atoms with Gasteiger partial charge in [-0.1, -0.05) is 6.92 Å². The molecular formula is C19H24N4O2. The Morgan fingerprint density at radius 3 is 2.84 bits per heavy atom. The zero-order valence-electron chi connectivity index (χ0n) is 14.4. The number of amides is 2. The van der Waals surface area contributed by atoms with Gasteiger partial charge in [0.1, 0.15) is 11.5 Å². The SMILES string of the molecule is CCN1CCC[C@@H]1CNC(=O)Nc1ccc(Oc2cccnc2)cc1. The van der Waals surface area contributed by atoms with Crippen molar-refractivity contribution in [1.82, 2.24) is 15.2 Å². The molecule has 3 rings (SSSR count). The first-order chi connectivity index (χ1) is 12.2. The van der Waals surface area contributed by atoms with Crippen LogP contribution in [0.1, 0.15) is 19.8 Å². The average molecular weight is 340 g/mol. The molecule has 1 atom stereocenters. The normalized spacial score (nSPS) is 17.2. The summed E-state index contributed by atoms with van der Waals surface area (Å²) in [5.41, 5.74) is 0.731. The third kappa shape index (κ3) is 4.93. The van der Waals surface area contributed by atoms with Crippen LogP contribution in [0.25, 0.3) is 0 Å². The Balaban J connectivity index is 1.47. The van der Waals surface area contributed by atoms with Crippen molar-refractivity contribution in [2.75, 3.05) is 25.0 Å². The number of anilines is 1. The molecule has 25 heavy (non-hydrogen) atoms. The number of nitrogens with zero attached hydrogens (tertiary/aromatic N) is 2. The molecule has 6 nitrogen and oxygen atoms in total. The first kappa shape index (κ1) is 17.2. The number of carbonyl (C=O) groups excluding carboxylic acids is 1. The van der Waals surface area contributed by atoms with Gasteiger partial charge in [0.25, 0.3) is 0 Å². The Morgan fingerprint density at radius 2 is 2.12 bits per heavy atom. The van der Waals surface area contributed by atoms with Crippen LogP contribution in [-0.2, 0) is 0 Å². The number of aromatic nitrogens is 1. The van der Waals surface area contributed by atoms with Gasteiger partial charge in [0.2, 0.25) is 0 Å². The van der Waals surface area contributed by atoms with Gasteiger partial charge in [-0.3, -0.25) is 9.88 Å². The van der Waals surface area contributed by atoms with Crippen LogP contribution in [0, 0.1) is 0 Å². The van der Waals surface area contributed by atoms with Crippen molar-refractivity contribution in [3.05, 3.63) is 48.8 Å². The molecule has 1 aliphatic rings. The van der Waals surface area contributed by atoms with Crippen LogP contribution in [0.15, 0.2) is 48.8 Å². The van der Waals surface area contributed by atoms with Crippen LogP contribution in [-0.4, -0.2) is 41.6 Å². The Labute approximate surface area is 148 Å². The maximum absolute atomic E-state index is 12.1. The number of benzene rings is 1. The number of rotatable bonds is 6. The topological polar surface area (TPSA) is 66.5 Å². The second-order valence-electron chi connectivity index (χ2n) is 6.07. The third-order valence-electron chi connectivity index (χ3n) is 4.39. The van der Waals surface area contributed by atoms with E-state index in [0.29, 0.717) is 24.1 Å². The zero-order valence-corrected chi connectivity index (χ0v) is 14.4. The maximum atomic E-state index is 12.1. The fraction of sp³-hybridized carbons (Fsp3) is 0.368. The van der Waals surface area contributed by atoms with Gasteiger partial charge in [-0.15, -0.1) is 0 Å². The van der Waals surface area contributed by atoms with Crippen molar-refractivity contribution in [1.29, 1.82) is 0 Å². The molecule has 132 valence electrons. The van der Waals surface area contributed by atoms with E-state index >= 15 is 0 Å². The quantitative estimate of drug-likeness (QED) is 0.845. The molecule has 0 spiro atoms. The number of likely N-dealkylation sites (N-methyl/N-ethyl adjacent to an activating group) is 1. The lowest BCUT2D eigenvalue weighted by atomic mass is 10.2. The summed E-state index contributed by atoms with van der Waals surface area (Å²) in [6, 6.07) is 11.2. The van der Waals surface area contributed by atoms with E-state index < -0.39 is 0 Å². The molecule has 1 aromatic carbocycles. The summed E-state index contributed by atoms with van der Waals surface area (Å²) in [7, 11) is 0. The third-order valence-corrected chi connectivity index (χ3v) is 4.39. The maximum Gasteiger partial charge on any atom is 0.319 e. The van der Waals surface area contributed by atoms with Gasteiger partial charge in [0, 0.05) is 24.5 Å². The molecule has 6 heteroatoms. The van der Waals surface area contributed by atoms with Crippen molar-refractivity contribution >= 4 is 11.7 Å². The van der Waals surface area contributed by atoms with Crippen molar-refractivity contribution in [2.24, 2.45) is 0 Å². The van der Waals surface area contributed by atoms with E-state index in [-0.39, 0.29) is 6.03 Å². The van der Waals surface area contributed by atoms with Crippen molar-refractivity contribution in [3.63, 3.8) is 0 Å². The minimum Gasteiger partial charge on any atom is -0.456 e. The van der Waals surface area contributed by atoms with E-state index in [9.17, 15) is 4.79 Å². The van der Waals surface area contributed by atoms with Gasteiger partial charge in [0.15, 0.2) is 0 Å². The molecule has 1 aromatic heterocycles. The fourth-order valence-electron chi connectivity index (χ4n) is 3.08. The van der Waals surface area contributed by atoms with Gasteiger partial charge in [-0.25, -0.2) is 4.79 Å². The molecular weight excluding hydrogens is 316 g/mol. The largest absolute Gasteiger partial charge is 0.456 e. The lowest BCUT2D eigenvalue weighted by molar-refractivity contribution is 0.238. The highest BCUT2D eigenvalue weighted by Gasteiger charge is 2.22. The van der Waals surface area contributed by atoms with Crippen molar-refractivity contribution in [2.45, 2.75) is 25.8 Å². The molecule has 1 aliphatic heterocycles.